The van der Waals surface area contributed by atoms with E-state index < -0.39 is 0 Å². The minimum atomic E-state index is 0.119. The number of amides is 1. The number of anilines is 1. The maximum atomic E-state index is 13.2. The van der Waals surface area contributed by atoms with Gasteiger partial charge in [0.1, 0.15) is 11.4 Å². The summed E-state index contributed by atoms with van der Waals surface area (Å²) in [4.78, 5) is 18.0. The molecule has 2 aromatic heterocycles. The normalized spacial score (nSPS) is 28.2. The van der Waals surface area contributed by atoms with Gasteiger partial charge < -0.3 is 14.5 Å². The van der Waals surface area contributed by atoms with Crippen LogP contribution in [0.1, 0.15) is 50.5 Å². The maximum absolute atomic E-state index is 13.2. The molecule has 4 aliphatic rings. The number of pyridine rings is 1. The second-order valence-corrected chi connectivity index (χ2v) is 10.7. The fourth-order valence-corrected chi connectivity index (χ4v) is 7.23. The molecule has 5 nitrogen and oxygen atoms in total. The van der Waals surface area contributed by atoms with Crippen LogP contribution in [0.4, 0.5) is 5.69 Å². The first-order valence-electron chi connectivity index (χ1n) is 11.9. The Morgan fingerprint density at radius 3 is 2.53 bits per heavy atom. The first-order chi connectivity index (χ1) is 15.5. The molecule has 1 amide bonds. The van der Waals surface area contributed by atoms with Crippen molar-refractivity contribution in [3.8, 4) is 17.0 Å². The average Bonchev–Trinajstić information content (AvgIpc) is 3.15. The van der Waals surface area contributed by atoms with Gasteiger partial charge in [0.05, 0.1) is 18.5 Å². The van der Waals surface area contributed by atoms with Crippen LogP contribution in [0, 0.1) is 30.1 Å². The molecule has 0 unspecified atom stereocenters. The lowest BCUT2D eigenvalue weighted by atomic mass is 9.49. The first kappa shape index (κ1) is 19.8. The first-order valence-corrected chi connectivity index (χ1v) is 11.9. The smallest absolute Gasteiger partial charge is 0.225 e. The molecule has 0 aliphatic heterocycles. The third kappa shape index (κ3) is 3.48. The summed E-state index contributed by atoms with van der Waals surface area (Å²) < 4.78 is 7.59. The molecule has 4 aliphatic carbocycles. The number of fused-ring (bicyclic) bond motifs is 1. The predicted octanol–water partition coefficient (Wildman–Crippen LogP) is 5.86. The van der Waals surface area contributed by atoms with Gasteiger partial charge in [0.15, 0.2) is 0 Å². The highest BCUT2D eigenvalue weighted by molar-refractivity contribution is 5.93. The van der Waals surface area contributed by atoms with Crippen molar-refractivity contribution >= 4 is 17.2 Å². The van der Waals surface area contributed by atoms with Gasteiger partial charge in [0, 0.05) is 24.4 Å². The monoisotopic (exact) mass is 429 g/mol. The van der Waals surface area contributed by atoms with Crippen LogP contribution in [-0.4, -0.2) is 22.4 Å². The number of aryl methyl sites for hydroxylation is 1. The maximum Gasteiger partial charge on any atom is 0.225 e. The van der Waals surface area contributed by atoms with Gasteiger partial charge in [-0.25, -0.2) is 4.98 Å². The standard InChI is InChI=1S/C27H31N3O2/c1-17-5-6-30-16-23(28-25(30)7-17)21-3-4-24(32-2)22(11-21)29-26(31)15-27-12-18-8-19(13-27)10-20(9-18)14-27/h3-7,11,16,18-20H,8-10,12-15H2,1-2H3,(H,29,31). The summed E-state index contributed by atoms with van der Waals surface area (Å²) in [5, 5.41) is 3.19. The van der Waals surface area contributed by atoms with Crippen molar-refractivity contribution in [2.45, 2.75) is 51.9 Å². The number of aromatic nitrogens is 2. The molecule has 2 heterocycles. The van der Waals surface area contributed by atoms with Gasteiger partial charge >= 0.3 is 0 Å². The number of imidazole rings is 1. The van der Waals surface area contributed by atoms with Crippen LogP contribution in [-0.2, 0) is 4.79 Å². The van der Waals surface area contributed by atoms with Crippen LogP contribution < -0.4 is 10.1 Å². The number of hydrogen-bond donors (Lipinski definition) is 1. The van der Waals surface area contributed by atoms with E-state index in [0.29, 0.717) is 12.2 Å². The number of rotatable bonds is 5. The number of benzene rings is 1. The Balaban J connectivity index is 1.24. The Morgan fingerprint density at radius 1 is 1.12 bits per heavy atom. The quantitative estimate of drug-likeness (QED) is 0.552. The number of nitrogens with zero attached hydrogens (tertiary/aromatic N) is 2. The highest BCUT2D eigenvalue weighted by atomic mass is 16.5. The van der Waals surface area contributed by atoms with Crippen molar-refractivity contribution < 1.29 is 9.53 Å². The van der Waals surface area contributed by atoms with E-state index in [-0.39, 0.29) is 11.3 Å². The lowest BCUT2D eigenvalue weighted by molar-refractivity contribution is -0.124. The third-order valence-electron chi connectivity index (χ3n) is 8.09. The van der Waals surface area contributed by atoms with Gasteiger partial charge in [-0.3, -0.25) is 4.79 Å². The van der Waals surface area contributed by atoms with Crippen LogP contribution in [0.15, 0.2) is 42.7 Å². The Bertz CT molecular complexity index is 1160. The Morgan fingerprint density at radius 2 is 1.84 bits per heavy atom. The molecule has 4 saturated carbocycles. The number of hydrogen-bond acceptors (Lipinski definition) is 3. The Hall–Kier alpha value is -2.82. The summed E-state index contributed by atoms with van der Waals surface area (Å²) in [6, 6.07) is 10.1. The molecule has 0 radical (unpaired) electrons. The molecule has 0 spiro atoms. The summed E-state index contributed by atoms with van der Waals surface area (Å²) in [6.45, 7) is 2.07. The number of methoxy groups -OCH3 is 1. The fourth-order valence-electron chi connectivity index (χ4n) is 7.23. The van der Waals surface area contributed by atoms with E-state index in [9.17, 15) is 4.79 Å². The van der Waals surface area contributed by atoms with Crippen LogP contribution in [0.3, 0.4) is 0 Å². The molecule has 5 heteroatoms. The second-order valence-electron chi connectivity index (χ2n) is 10.7. The van der Waals surface area contributed by atoms with Gasteiger partial charge in [-0.1, -0.05) is 0 Å². The minimum absolute atomic E-state index is 0.119. The van der Waals surface area contributed by atoms with E-state index in [0.717, 1.165) is 40.3 Å². The van der Waals surface area contributed by atoms with E-state index in [2.05, 4.69) is 24.4 Å². The van der Waals surface area contributed by atoms with E-state index in [1.165, 1.54) is 44.1 Å². The third-order valence-corrected chi connectivity index (χ3v) is 8.09. The molecule has 7 rings (SSSR count). The number of carbonyl (C=O) groups is 1. The van der Waals surface area contributed by atoms with Gasteiger partial charge in [-0.05, 0) is 105 Å². The lowest BCUT2D eigenvalue weighted by Gasteiger charge is -2.56. The van der Waals surface area contributed by atoms with Crippen molar-refractivity contribution in [1.82, 2.24) is 9.38 Å². The van der Waals surface area contributed by atoms with Gasteiger partial charge in [-0.15, -0.1) is 0 Å². The molecule has 3 aromatic rings. The molecule has 1 aromatic carbocycles. The van der Waals surface area contributed by atoms with Crippen LogP contribution in [0.2, 0.25) is 0 Å². The fraction of sp³-hybridized carbons (Fsp3) is 0.481. The molecule has 32 heavy (non-hydrogen) atoms. The summed E-state index contributed by atoms with van der Waals surface area (Å²) in [6.07, 6.45) is 12.6. The van der Waals surface area contributed by atoms with E-state index >= 15 is 0 Å². The molecular formula is C27H31N3O2. The van der Waals surface area contributed by atoms with Crippen molar-refractivity contribution in [2.24, 2.45) is 23.2 Å². The Labute approximate surface area is 189 Å². The molecule has 1 N–H and O–H groups in total. The van der Waals surface area contributed by atoms with E-state index in [1.807, 2.05) is 35.0 Å². The lowest BCUT2D eigenvalue weighted by Crippen LogP contribution is -2.47. The number of nitrogens with one attached hydrogen (secondary N) is 1. The summed E-state index contributed by atoms with van der Waals surface area (Å²) >= 11 is 0. The topological polar surface area (TPSA) is 55.6 Å². The Kier molecular flexibility index (Phi) is 4.56. The number of ether oxygens (including phenoxy) is 1. The second kappa shape index (κ2) is 7.36. The van der Waals surface area contributed by atoms with Gasteiger partial charge in [-0.2, -0.15) is 0 Å². The van der Waals surface area contributed by atoms with Crippen LogP contribution in [0.25, 0.3) is 16.9 Å². The number of carbonyl (C=O) groups excluding carboxylic acids is 1. The van der Waals surface area contributed by atoms with Crippen molar-refractivity contribution in [3.05, 3.63) is 48.3 Å². The largest absolute Gasteiger partial charge is 0.495 e. The molecule has 0 saturated heterocycles. The van der Waals surface area contributed by atoms with Crippen molar-refractivity contribution in [2.75, 3.05) is 12.4 Å². The van der Waals surface area contributed by atoms with Crippen molar-refractivity contribution in [3.63, 3.8) is 0 Å². The summed E-state index contributed by atoms with van der Waals surface area (Å²) in [5.41, 5.74) is 4.91. The summed E-state index contributed by atoms with van der Waals surface area (Å²) in [5.74, 6) is 3.36. The zero-order valence-corrected chi connectivity index (χ0v) is 18.9. The SMILES string of the molecule is COc1ccc(-c2cn3ccc(C)cc3n2)cc1NC(=O)CC12CC3CC(CC(C3)C1)C2. The molecular weight excluding hydrogens is 398 g/mol. The predicted molar refractivity (Wildman–Crippen MR) is 126 cm³/mol. The molecule has 4 bridgehead atoms. The molecule has 0 atom stereocenters. The van der Waals surface area contributed by atoms with Crippen molar-refractivity contribution in [1.29, 1.82) is 0 Å². The molecule has 166 valence electrons. The summed E-state index contributed by atoms with van der Waals surface area (Å²) in [7, 11) is 1.65. The minimum Gasteiger partial charge on any atom is -0.495 e. The highest BCUT2D eigenvalue weighted by Gasteiger charge is 2.51. The zero-order valence-electron chi connectivity index (χ0n) is 18.9. The van der Waals surface area contributed by atoms with E-state index in [1.54, 1.807) is 7.11 Å². The highest BCUT2D eigenvalue weighted by Crippen LogP contribution is 2.61. The van der Waals surface area contributed by atoms with Gasteiger partial charge in [0.25, 0.3) is 0 Å². The van der Waals surface area contributed by atoms with E-state index in [4.69, 9.17) is 9.72 Å². The molecule has 4 fully saturated rings. The van der Waals surface area contributed by atoms with Gasteiger partial charge in [0.2, 0.25) is 5.91 Å². The van der Waals surface area contributed by atoms with Crippen LogP contribution in [0.5, 0.6) is 5.75 Å². The average molecular weight is 430 g/mol. The van der Waals surface area contributed by atoms with Crippen LogP contribution >= 0.6 is 0 Å². The zero-order chi connectivity index (χ0) is 21.9.